The highest BCUT2D eigenvalue weighted by atomic mass is 16.5. The van der Waals surface area contributed by atoms with Crippen LogP contribution in [0.5, 0.6) is 0 Å². The molecule has 5 atom stereocenters. The molecule has 0 aromatic carbocycles. The zero-order valence-electron chi connectivity index (χ0n) is 15.7. The zero-order chi connectivity index (χ0) is 19.4. The molecule has 26 heavy (non-hydrogen) atoms. The SMILES string of the molecule is CCCCC/C=C\C[C@@H](O)[C@H]1C[C@@H](O)[C@H](/C=C/[C@@H](O)CCCC(=O)O)O1. The second kappa shape index (κ2) is 13.0. The Labute approximate surface area is 156 Å². The predicted molar refractivity (Wildman–Crippen MR) is 99.8 cm³/mol. The molecule has 6 heteroatoms. The van der Waals surface area contributed by atoms with E-state index in [0.717, 1.165) is 12.8 Å². The summed E-state index contributed by atoms with van der Waals surface area (Å²) in [5.74, 6) is -0.882. The van der Waals surface area contributed by atoms with E-state index in [0.29, 0.717) is 25.7 Å². The maximum Gasteiger partial charge on any atom is 0.303 e. The Morgan fingerprint density at radius 3 is 2.69 bits per heavy atom. The molecule has 0 aliphatic carbocycles. The molecule has 1 rings (SSSR count). The fourth-order valence-corrected chi connectivity index (χ4v) is 2.96. The average Bonchev–Trinajstić information content (AvgIpc) is 2.96. The van der Waals surface area contributed by atoms with Gasteiger partial charge >= 0.3 is 5.97 Å². The average molecular weight is 370 g/mol. The van der Waals surface area contributed by atoms with Crippen molar-refractivity contribution >= 4 is 5.97 Å². The Bertz CT molecular complexity index is 448. The topological polar surface area (TPSA) is 107 Å². The number of carboxylic acids is 1. The molecule has 0 aromatic rings. The Kier molecular flexibility index (Phi) is 11.4. The monoisotopic (exact) mass is 370 g/mol. The number of aliphatic hydroxyl groups excluding tert-OH is 3. The van der Waals surface area contributed by atoms with E-state index >= 15 is 0 Å². The van der Waals surface area contributed by atoms with Crippen molar-refractivity contribution in [2.45, 2.75) is 95.2 Å². The van der Waals surface area contributed by atoms with Gasteiger partial charge in [-0.2, -0.15) is 0 Å². The lowest BCUT2D eigenvalue weighted by atomic mass is 10.0. The number of aliphatic carboxylic acids is 1. The lowest BCUT2D eigenvalue weighted by Crippen LogP contribution is -2.25. The van der Waals surface area contributed by atoms with Gasteiger partial charge < -0.3 is 25.2 Å². The summed E-state index contributed by atoms with van der Waals surface area (Å²) in [6.07, 6.45) is 10.2. The summed E-state index contributed by atoms with van der Waals surface area (Å²) in [7, 11) is 0. The van der Waals surface area contributed by atoms with Crippen LogP contribution in [0.1, 0.15) is 64.7 Å². The minimum atomic E-state index is -0.882. The van der Waals surface area contributed by atoms with Crippen LogP contribution in [0.4, 0.5) is 0 Å². The van der Waals surface area contributed by atoms with E-state index in [4.69, 9.17) is 9.84 Å². The zero-order valence-corrected chi connectivity index (χ0v) is 15.7. The molecule has 1 aliphatic rings. The minimum absolute atomic E-state index is 0.0215. The summed E-state index contributed by atoms with van der Waals surface area (Å²) < 4.78 is 5.70. The lowest BCUT2D eigenvalue weighted by molar-refractivity contribution is -0.137. The van der Waals surface area contributed by atoms with Gasteiger partial charge in [0.15, 0.2) is 0 Å². The molecule has 1 heterocycles. The number of allylic oxidation sites excluding steroid dienone is 1. The standard InChI is InChI=1S/C20H34O6/c1-2-3-4-5-6-7-10-16(22)19-14-17(23)18(26-19)13-12-15(21)9-8-11-20(24)25/h6-7,12-13,15-19,21-23H,2-5,8-11,14H2,1H3,(H,24,25)/b7-6-,13-12+/t15-,16+,17+,18-,19+/m0/s1. The predicted octanol–water partition coefficient (Wildman–Crippen LogP) is 2.56. The van der Waals surface area contributed by atoms with E-state index in [-0.39, 0.29) is 6.42 Å². The van der Waals surface area contributed by atoms with E-state index in [2.05, 4.69) is 13.0 Å². The molecule has 4 N–H and O–H groups in total. The van der Waals surface area contributed by atoms with Crippen LogP contribution in [0.3, 0.4) is 0 Å². The maximum atomic E-state index is 10.5. The number of aliphatic hydroxyl groups is 3. The van der Waals surface area contributed by atoms with Gasteiger partial charge in [-0.25, -0.2) is 0 Å². The molecular formula is C20H34O6. The molecule has 150 valence electrons. The van der Waals surface area contributed by atoms with Crippen molar-refractivity contribution in [1.82, 2.24) is 0 Å². The Hall–Kier alpha value is -1.21. The molecule has 0 bridgehead atoms. The van der Waals surface area contributed by atoms with E-state index in [1.165, 1.54) is 18.9 Å². The second-order valence-corrected chi connectivity index (χ2v) is 6.95. The first-order chi connectivity index (χ1) is 12.4. The summed E-state index contributed by atoms with van der Waals surface area (Å²) in [6.45, 7) is 2.16. The van der Waals surface area contributed by atoms with E-state index in [1.54, 1.807) is 6.08 Å². The lowest BCUT2D eigenvalue weighted by Gasteiger charge is -2.16. The first-order valence-corrected chi connectivity index (χ1v) is 9.68. The van der Waals surface area contributed by atoms with Gasteiger partial charge in [-0.3, -0.25) is 4.79 Å². The van der Waals surface area contributed by atoms with Crippen LogP contribution in [0, 0.1) is 0 Å². The molecule has 0 unspecified atom stereocenters. The summed E-state index contributed by atoms with van der Waals surface area (Å²) in [4.78, 5) is 10.5. The molecule has 1 fully saturated rings. The number of hydrogen-bond donors (Lipinski definition) is 4. The van der Waals surface area contributed by atoms with Gasteiger partial charge in [-0.1, -0.05) is 44.1 Å². The van der Waals surface area contributed by atoms with Gasteiger partial charge in [-0.05, 0) is 32.1 Å². The van der Waals surface area contributed by atoms with Crippen molar-refractivity contribution in [3.8, 4) is 0 Å². The van der Waals surface area contributed by atoms with Crippen molar-refractivity contribution in [3.63, 3.8) is 0 Å². The van der Waals surface area contributed by atoms with Crippen molar-refractivity contribution < 1.29 is 30.0 Å². The number of hydrogen-bond acceptors (Lipinski definition) is 5. The molecule has 0 radical (unpaired) electrons. The molecule has 0 amide bonds. The van der Waals surface area contributed by atoms with E-state index in [1.807, 2.05) is 6.08 Å². The van der Waals surface area contributed by atoms with Crippen LogP contribution in [0.25, 0.3) is 0 Å². The number of rotatable bonds is 13. The van der Waals surface area contributed by atoms with Crippen LogP contribution >= 0.6 is 0 Å². The van der Waals surface area contributed by atoms with Crippen LogP contribution in [0.15, 0.2) is 24.3 Å². The molecular weight excluding hydrogens is 336 g/mol. The number of carbonyl (C=O) groups is 1. The fraction of sp³-hybridized carbons (Fsp3) is 0.750. The van der Waals surface area contributed by atoms with Gasteiger partial charge in [0.05, 0.1) is 24.4 Å². The van der Waals surface area contributed by atoms with Crippen molar-refractivity contribution in [3.05, 3.63) is 24.3 Å². The third-order valence-electron chi connectivity index (χ3n) is 4.55. The highest BCUT2D eigenvalue weighted by molar-refractivity contribution is 5.66. The van der Waals surface area contributed by atoms with Gasteiger partial charge in [0.25, 0.3) is 0 Å². The minimum Gasteiger partial charge on any atom is -0.481 e. The third kappa shape index (κ3) is 9.48. The van der Waals surface area contributed by atoms with Crippen molar-refractivity contribution in [2.24, 2.45) is 0 Å². The van der Waals surface area contributed by atoms with Gasteiger partial charge in [0.2, 0.25) is 0 Å². The van der Waals surface area contributed by atoms with Crippen molar-refractivity contribution in [1.29, 1.82) is 0 Å². The summed E-state index contributed by atoms with van der Waals surface area (Å²) >= 11 is 0. The number of ether oxygens (including phenoxy) is 1. The summed E-state index contributed by atoms with van der Waals surface area (Å²) in [5, 5.41) is 38.7. The van der Waals surface area contributed by atoms with Crippen LogP contribution in [-0.2, 0) is 9.53 Å². The molecule has 1 aliphatic heterocycles. The molecule has 0 saturated carbocycles. The Morgan fingerprint density at radius 2 is 2.00 bits per heavy atom. The van der Waals surface area contributed by atoms with Gasteiger partial charge in [0.1, 0.15) is 6.10 Å². The maximum absolute atomic E-state index is 10.5. The third-order valence-corrected chi connectivity index (χ3v) is 4.55. The number of carboxylic acid groups (broad SMARTS) is 1. The molecule has 0 aromatic heterocycles. The molecule has 6 nitrogen and oxygen atoms in total. The Morgan fingerprint density at radius 1 is 1.23 bits per heavy atom. The Balaban J connectivity index is 2.32. The second-order valence-electron chi connectivity index (χ2n) is 6.95. The van der Waals surface area contributed by atoms with E-state index < -0.39 is 36.5 Å². The van der Waals surface area contributed by atoms with E-state index in [9.17, 15) is 20.1 Å². The van der Waals surface area contributed by atoms with Gasteiger partial charge in [-0.15, -0.1) is 0 Å². The highest BCUT2D eigenvalue weighted by Crippen LogP contribution is 2.25. The first-order valence-electron chi connectivity index (χ1n) is 9.68. The van der Waals surface area contributed by atoms with Crippen LogP contribution in [-0.4, -0.2) is 56.9 Å². The smallest absolute Gasteiger partial charge is 0.303 e. The normalized spacial score (nSPS) is 25.9. The fourth-order valence-electron chi connectivity index (χ4n) is 2.96. The largest absolute Gasteiger partial charge is 0.481 e. The van der Waals surface area contributed by atoms with Gasteiger partial charge in [0, 0.05) is 12.8 Å². The molecule has 1 saturated heterocycles. The van der Waals surface area contributed by atoms with Crippen LogP contribution < -0.4 is 0 Å². The van der Waals surface area contributed by atoms with Crippen LogP contribution in [0.2, 0.25) is 0 Å². The highest BCUT2D eigenvalue weighted by Gasteiger charge is 2.35. The number of unbranched alkanes of at least 4 members (excludes halogenated alkanes) is 3. The summed E-state index contributed by atoms with van der Waals surface area (Å²) in [6, 6.07) is 0. The molecule has 0 spiro atoms. The quantitative estimate of drug-likeness (QED) is 0.293. The first kappa shape index (κ1) is 22.8. The van der Waals surface area contributed by atoms with Crippen molar-refractivity contribution in [2.75, 3.05) is 0 Å². The summed E-state index contributed by atoms with van der Waals surface area (Å²) in [5.41, 5.74) is 0.